The van der Waals surface area contributed by atoms with Crippen LogP contribution in [0.3, 0.4) is 0 Å². The Kier molecular flexibility index (Phi) is 8.73. The molecule has 6 aromatic rings. The summed E-state index contributed by atoms with van der Waals surface area (Å²) in [6, 6.07) is 44.8. The van der Waals surface area contributed by atoms with Crippen molar-refractivity contribution in [1.29, 1.82) is 0 Å². The Bertz CT molecular complexity index is 2020. The van der Waals surface area contributed by atoms with E-state index < -0.39 is 23.2 Å². The van der Waals surface area contributed by atoms with Gasteiger partial charge in [0.2, 0.25) is 0 Å². The van der Waals surface area contributed by atoms with Gasteiger partial charge in [-0.2, -0.15) is 0 Å². The molecule has 0 saturated carbocycles. The van der Waals surface area contributed by atoms with Crippen molar-refractivity contribution < 1.29 is 23.2 Å². The maximum atomic E-state index is 4.96. The van der Waals surface area contributed by atoms with E-state index in [1.165, 1.54) is 55.6 Å². The Morgan fingerprint density at radius 3 is 1.27 bits per heavy atom. The molecule has 2 aliphatic carbocycles. The van der Waals surface area contributed by atoms with E-state index in [4.69, 9.17) is 9.97 Å². The maximum absolute atomic E-state index is 4.96. The summed E-state index contributed by atoms with van der Waals surface area (Å²) >= 11 is -1.33. The number of pyridine rings is 2. The molecule has 2 aromatic heterocycles. The summed E-state index contributed by atoms with van der Waals surface area (Å²) < 4.78 is 3.10. The van der Waals surface area contributed by atoms with Gasteiger partial charge >= 0.3 is 304 Å². The van der Waals surface area contributed by atoms with Crippen molar-refractivity contribution in [3.05, 3.63) is 185 Å². The molecule has 4 aromatic carbocycles. The Morgan fingerprint density at radius 1 is 0.469 bits per heavy atom. The summed E-state index contributed by atoms with van der Waals surface area (Å²) in [5, 5.41) is 0. The van der Waals surface area contributed by atoms with Crippen LogP contribution in [0.2, 0.25) is 0 Å². The van der Waals surface area contributed by atoms with Crippen LogP contribution in [-0.2, 0) is 23.2 Å². The van der Waals surface area contributed by atoms with Crippen LogP contribution in [0.15, 0.2) is 140 Å². The standard InChI is InChI=1S/2C23H20N.Zr/c2*1-16(2)17-9-11-18(12-10-17)19-6-5-7-20-21(19)13-14-22(20)23-8-3-4-15-24-23;/h2*3-13,15-16,22H,1-2H3;. The molecular formula is C46H40N2Zr. The van der Waals surface area contributed by atoms with E-state index in [0.717, 1.165) is 11.4 Å². The van der Waals surface area contributed by atoms with E-state index in [-0.39, 0.29) is 11.8 Å². The molecule has 49 heavy (non-hydrogen) atoms. The molecule has 238 valence electrons. The van der Waals surface area contributed by atoms with Gasteiger partial charge in [0, 0.05) is 0 Å². The van der Waals surface area contributed by atoms with E-state index in [1.807, 2.05) is 24.5 Å². The summed E-state index contributed by atoms with van der Waals surface area (Å²) in [5.74, 6) is 1.35. The summed E-state index contributed by atoms with van der Waals surface area (Å²) in [4.78, 5) is 9.92. The number of nitrogens with zero attached hydrogens (tertiary/aromatic N) is 2. The summed E-state index contributed by atoms with van der Waals surface area (Å²) in [6.07, 6.45) is 8.97. The fourth-order valence-electron chi connectivity index (χ4n) is 7.52. The molecule has 0 bridgehead atoms. The molecule has 0 aliphatic heterocycles. The average Bonchev–Trinajstić information content (AvgIpc) is 3.70. The zero-order valence-corrected chi connectivity index (χ0v) is 31.0. The number of hydrogen-bond donors (Lipinski definition) is 0. The summed E-state index contributed by atoms with van der Waals surface area (Å²) in [6.45, 7) is 9.03. The van der Waals surface area contributed by atoms with Crippen LogP contribution in [0.4, 0.5) is 0 Å². The summed E-state index contributed by atoms with van der Waals surface area (Å²) in [5.41, 5.74) is 15.6. The van der Waals surface area contributed by atoms with Crippen LogP contribution < -0.4 is 0 Å². The molecule has 2 atom stereocenters. The molecule has 0 spiro atoms. The van der Waals surface area contributed by atoms with Gasteiger partial charge in [-0.05, 0) is 0 Å². The number of fused-ring (bicyclic) bond motifs is 2. The van der Waals surface area contributed by atoms with Crippen molar-refractivity contribution in [2.45, 2.75) is 51.4 Å². The van der Waals surface area contributed by atoms with Crippen molar-refractivity contribution in [1.82, 2.24) is 9.97 Å². The van der Waals surface area contributed by atoms with Crippen molar-refractivity contribution in [2.75, 3.05) is 0 Å². The fraction of sp³-hybridized carbons (Fsp3) is 0.174. The third-order valence-electron chi connectivity index (χ3n) is 10.2. The van der Waals surface area contributed by atoms with Gasteiger partial charge < -0.3 is 0 Å². The van der Waals surface area contributed by atoms with Crippen LogP contribution in [-0.4, -0.2) is 9.97 Å². The van der Waals surface area contributed by atoms with E-state index in [2.05, 4.69) is 149 Å². The molecule has 0 saturated heterocycles. The van der Waals surface area contributed by atoms with Gasteiger partial charge in [-0.25, -0.2) is 0 Å². The second-order valence-corrected chi connectivity index (χ2v) is 17.3. The molecule has 0 radical (unpaired) electrons. The SMILES string of the molecule is CC(C)c1ccc(-c2cccc3c2C=[C]([Zr][C]2=Cc4c(-c5ccc(C(C)C)cc5)cccc4C2c2ccccn2)C3c2ccccn2)cc1. The van der Waals surface area contributed by atoms with E-state index in [1.54, 1.807) is 6.56 Å². The average molecular weight is 712 g/mol. The van der Waals surface area contributed by atoms with Gasteiger partial charge in [-0.1, -0.05) is 0 Å². The Hall–Kier alpha value is -4.46. The first kappa shape index (κ1) is 31.8. The molecule has 0 amide bonds. The van der Waals surface area contributed by atoms with E-state index in [9.17, 15) is 0 Å². The summed E-state index contributed by atoms with van der Waals surface area (Å²) in [7, 11) is 0. The van der Waals surface area contributed by atoms with Gasteiger partial charge in [0.1, 0.15) is 0 Å². The third kappa shape index (κ3) is 6.04. The van der Waals surface area contributed by atoms with E-state index >= 15 is 0 Å². The monoisotopic (exact) mass is 710 g/mol. The van der Waals surface area contributed by atoms with Gasteiger partial charge in [0.05, 0.1) is 0 Å². The number of allylic oxidation sites excluding steroid dienone is 2. The molecule has 2 aliphatic rings. The molecule has 8 rings (SSSR count). The number of hydrogen-bond acceptors (Lipinski definition) is 2. The second-order valence-electron chi connectivity index (χ2n) is 13.9. The second kappa shape index (κ2) is 13.5. The molecule has 0 N–H and O–H groups in total. The quantitative estimate of drug-likeness (QED) is 0.157. The van der Waals surface area contributed by atoms with E-state index in [0.29, 0.717) is 11.8 Å². The normalized spacial score (nSPS) is 16.4. The minimum absolute atomic E-state index is 0.162. The van der Waals surface area contributed by atoms with Crippen LogP contribution in [0, 0.1) is 0 Å². The number of aromatic nitrogens is 2. The molecule has 2 nitrogen and oxygen atoms in total. The van der Waals surface area contributed by atoms with Crippen LogP contribution >= 0.6 is 0 Å². The Morgan fingerprint density at radius 2 is 0.898 bits per heavy atom. The first-order chi connectivity index (χ1) is 24.0. The predicted octanol–water partition coefficient (Wildman–Crippen LogP) is 11.8. The first-order valence-electron chi connectivity index (χ1n) is 17.4. The molecule has 0 fully saturated rings. The Balaban J connectivity index is 1.25. The van der Waals surface area contributed by atoms with Crippen molar-refractivity contribution in [3.8, 4) is 22.3 Å². The minimum atomic E-state index is -1.33. The molecule has 2 heterocycles. The Labute approximate surface area is 302 Å². The zero-order valence-electron chi connectivity index (χ0n) is 28.6. The van der Waals surface area contributed by atoms with Crippen LogP contribution in [0.1, 0.15) is 96.1 Å². The van der Waals surface area contributed by atoms with Crippen LogP contribution in [0.25, 0.3) is 34.4 Å². The first-order valence-corrected chi connectivity index (χ1v) is 19.9. The molecule has 2 unspecified atom stereocenters. The van der Waals surface area contributed by atoms with Crippen molar-refractivity contribution in [3.63, 3.8) is 0 Å². The fourth-order valence-corrected chi connectivity index (χ4v) is 11.6. The number of benzene rings is 4. The topological polar surface area (TPSA) is 25.8 Å². The third-order valence-corrected chi connectivity index (χ3v) is 13.7. The van der Waals surface area contributed by atoms with Gasteiger partial charge in [-0.15, -0.1) is 0 Å². The van der Waals surface area contributed by atoms with Crippen molar-refractivity contribution >= 4 is 12.2 Å². The van der Waals surface area contributed by atoms with Crippen molar-refractivity contribution in [2.24, 2.45) is 0 Å². The van der Waals surface area contributed by atoms with Gasteiger partial charge in [-0.3, -0.25) is 0 Å². The molecular weight excluding hydrogens is 672 g/mol. The number of rotatable bonds is 8. The van der Waals surface area contributed by atoms with Gasteiger partial charge in [0.25, 0.3) is 0 Å². The zero-order chi connectivity index (χ0) is 33.5. The molecule has 3 heteroatoms. The van der Waals surface area contributed by atoms with Gasteiger partial charge in [0.15, 0.2) is 0 Å². The van der Waals surface area contributed by atoms with Crippen LogP contribution in [0.5, 0.6) is 0 Å². The predicted molar refractivity (Wildman–Crippen MR) is 200 cm³/mol.